The van der Waals surface area contributed by atoms with E-state index in [1.54, 1.807) is 30.0 Å². The van der Waals surface area contributed by atoms with E-state index in [0.717, 1.165) is 15.8 Å². The van der Waals surface area contributed by atoms with Crippen molar-refractivity contribution < 1.29 is 13.2 Å². The van der Waals surface area contributed by atoms with Crippen LogP contribution in [-0.2, 0) is 9.84 Å². The van der Waals surface area contributed by atoms with Gasteiger partial charge in [-0.1, -0.05) is 48.1 Å². The molecule has 0 aliphatic heterocycles. The van der Waals surface area contributed by atoms with Crippen molar-refractivity contribution in [2.24, 2.45) is 0 Å². The fraction of sp³-hybridized carbons (Fsp3) is 0.333. The zero-order valence-electron chi connectivity index (χ0n) is 17.3. The molecule has 2 aromatic carbocycles. The summed E-state index contributed by atoms with van der Waals surface area (Å²) in [6.45, 7) is 4.47. The van der Waals surface area contributed by atoms with Crippen LogP contribution in [0.3, 0.4) is 0 Å². The normalized spacial score (nSPS) is 11.9. The molecule has 0 fully saturated rings. The highest BCUT2D eigenvalue weighted by atomic mass is 35.5. The monoisotopic (exact) mass is 465 g/mol. The molecule has 30 heavy (non-hydrogen) atoms. The van der Waals surface area contributed by atoms with E-state index in [4.69, 9.17) is 11.6 Å². The molecule has 1 amide bonds. The van der Waals surface area contributed by atoms with Gasteiger partial charge in [0.25, 0.3) is 5.91 Å². The van der Waals surface area contributed by atoms with Gasteiger partial charge in [-0.2, -0.15) is 0 Å². The zero-order valence-corrected chi connectivity index (χ0v) is 19.7. The highest BCUT2D eigenvalue weighted by Gasteiger charge is 2.27. The first-order valence-corrected chi connectivity index (χ1v) is 12.3. The molecule has 0 atom stereocenters. The van der Waals surface area contributed by atoms with Gasteiger partial charge in [-0.3, -0.25) is 9.69 Å². The SMILES string of the molecule is CCS(=O)(=O)c1ccccc1C(=O)N(CCN(C)C)c1nc2c(C)ccc(Cl)c2s1. The van der Waals surface area contributed by atoms with E-state index in [0.29, 0.717) is 23.2 Å². The molecule has 9 heteroatoms. The summed E-state index contributed by atoms with van der Waals surface area (Å²) in [5, 5.41) is 1.07. The summed E-state index contributed by atoms with van der Waals surface area (Å²) < 4.78 is 26.0. The Morgan fingerprint density at radius 2 is 1.83 bits per heavy atom. The number of aryl methyl sites for hydroxylation is 1. The maximum atomic E-state index is 13.6. The van der Waals surface area contributed by atoms with Crippen molar-refractivity contribution >= 4 is 54.0 Å². The average molecular weight is 466 g/mol. The van der Waals surface area contributed by atoms with Crippen LogP contribution in [0.4, 0.5) is 5.13 Å². The van der Waals surface area contributed by atoms with E-state index in [2.05, 4.69) is 4.98 Å². The van der Waals surface area contributed by atoms with Crippen molar-refractivity contribution in [3.63, 3.8) is 0 Å². The number of carbonyl (C=O) groups excluding carboxylic acids is 1. The summed E-state index contributed by atoms with van der Waals surface area (Å²) in [4.78, 5) is 21.8. The maximum Gasteiger partial charge on any atom is 0.261 e. The van der Waals surface area contributed by atoms with Crippen molar-refractivity contribution in [2.45, 2.75) is 18.7 Å². The van der Waals surface area contributed by atoms with Crippen LogP contribution in [0.2, 0.25) is 5.02 Å². The second-order valence-corrected chi connectivity index (χ2v) is 10.8. The Labute approximate surface area is 186 Å². The van der Waals surface area contributed by atoms with E-state index in [1.165, 1.54) is 17.4 Å². The summed E-state index contributed by atoms with van der Waals surface area (Å²) in [6.07, 6.45) is 0. The quantitative estimate of drug-likeness (QED) is 0.521. The fourth-order valence-electron chi connectivity index (χ4n) is 3.01. The molecule has 6 nitrogen and oxygen atoms in total. The van der Waals surface area contributed by atoms with Crippen molar-refractivity contribution in [3.05, 3.63) is 52.5 Å². The number of amides is 1. The first kappa shape index (κ1) is 22.7. The van der Waals surface area contributed by atoms with Gasteiger partial charge in [0.1, 0.15) is 0 Å². The Kier molecular flexibility index (Phi) is 6.81. The number of nitrogens with zero attached hydrogens (tertiary/aromatic N) is 3. The molecule has 0 aliphatic rings. The summed E-state index contributed by atoms with van der Waals surface area (Å²) in [6, 6.07) is 10.0. The number of rotatable bonds is 7. The fourth-order valence-corrected chi connectivity index (χ4v) is 5.43. The van der Waals surface area contributed by atoms with Crippen molar-refractivity contribution in [1.29, 1.82) is 0 Å². The molecule has 0 aliphatic carbocycles. The molecule has 0 bridgehead atoms. The van der Waals surface area contributed by atoms with Crippen molar-refractivity contribution in [2.75, 3.05) is 37.8 Å². The third kappa shape index (κ3) is 4.51. The molecular formula is C21H24ClN3O3S2. The van der Waals surface area contributed by atoms with Gasteiger partial charge >= 0.3 is 0 Å². The van der Waals surface area contributed by atoms with E-state index in [1.807, 2.05) is 38.1 Å². The van der Waals surface area contributed by atoms with Crippen LogP contribution in [0.5, 0.6) is 0 Å². The average Bonchev–Trinajstić information content (AvgIpc) is 3.17. The number of sulfone groups is 1. The number of hydrogen-bond donors (Lipinski definition) is 0. The molecule has 0 saturated heterocycles. The third-order valence-electron chi connectivity index (χ3n) is 4.77. The number of anilines is 1. The summed E-state index contributed by atoms with van der Waals surface area (Å²) in [5.41, 5.74) is 1.87. The molecule has 3 rings (SSSR count). The van der Waals surface area contributed by atoms with Crippen LogP contribution in [0, 0.1) is 6.92 Å². The van der Waals surface area contributed by atoms with Gasteiger partial charge in [-0.05, 0) is 44.8 Å². The number of hydrogen-bond acceptors (Lipinski definition) is 6. The lowest BCUT2D eigenvalue weighted by molar-refractivity contribution is 0.0982. The molecule has 0 radical (unpaired) electrons. The van der Waals surface area contributed by atoms with Gasteiger partial charge in [0, 0.05) is 13.1 Å². The van der Waals surface area contributed by atoms with Crippen LogP contribution >= 0.6 is 22.9 Å². The minimum atomic E-state index is -3.55. The molecule has 0 unspecified atom stereocenters. The molecule has 1 aromatic heterocycles. The Bertz CT molecular complexity index is 1150. The van der Waals surface area contributed by atoms with Crippen LogP contribution in [-0.4, -0.2) is 57.1 Å². The lowest BCUT2D eigenvalue weighted by Crippen LogP contribution is -2.37. The van der Waals surface area contributed by atoms with E-state index in [-0.39, 0.29) is 16.2 Å². The number of carbonyl (C=O) groups is 1. The molecule has 160 valence electrons. The standard InChI is InChI=1S/C21H24ClN3O3S2/c1-5-30(27,28)17-9-7-6-8-15(17)20(26)25(13-12-24(3)4)21-23-18-14(2)10-11-16(22)19(18)29-21/h6-11H,5,12-13H2,1-4H3. The second kappa shape index (κ2) is 9.01. The largest absolute Gasteiger partial charge is 0.308 e. The van der Waals surface area contributed by atoms with Crippen LogP contribution in [0.1, 0.15) is 22.8 Å². The zero-order chi connectivity index (χ0) is 22.1. The Hall–Kier alpha value is -2.00. The summed E-state index contributed by atoms with van der Waals surface area (Å²) in [7, 11) is 0.273. The minimum absolute atomic E-state index is 0.0441. The number of fused-ring (bicyclic) bond motifs is 1. The Morgan fingerprint density at radius 1 is 1.13 bits per heavy atom. The first-order valence-electron chi connectivity index (χ1n) is 9.49. The third-order valence-corrected chi connectivity index (χ3v) is 8.09. The van der Waals surface area contributed by atoms with Gasteiger partial charge in [-0.25, -0.2) is 13.4 Å². The lowest BCUT2D eigenvalue weighted by atomic mass is 10.2. The maximum absolute atomic E-state index is 13.6. The van der Waals surface area contributed by atoms with E-state index < -0.39 is 15.7 Å². The molecular weight excluding hydrogens is 442 g/mol. The number of halogens is 1. The van der Waals surface area contributed by atoms with E-state index in [9.17, 15) is 13.2 Å². The van der Waals surface area contributed by atoms with Gasteiger partial charge in [-0.15, -0.1) is 0 Å². The molecule has 0 saturated carbocycles. The van der Waals surface area contributed by atoms with Gasteiger partial charge in [0.2, 0.25) is 0 Å². The highest BCUT2D eigenvalue weighted by Crippen LogP contribution is 2.36. The molecule has 0 N–H and O–H groups in total. The predicted octanol–water partition coefficient (Wildman–Crippen LogP) is 4.26. The van der Waals surface area contributed by atoms with Crippen LogP contribution < -0.4 is 4.90 Å². The number of benzene rings is 2. The Balaban J connectivity index is 2.13. The number of likely N-dealkylation sites (N-methyl/N-ethyl adjacent to an activating group) is 1. The molecule has 0 spiro atoms. The first-order chi connectivity index (χ1) is 14.2. The van der Waals surface area contributed by atoms with E-state index >= 15 is 0 Å². The second-order valence-electron chi connectivity index (χ2n) is 7.20. The number of aromatic nitrogens is 1. The van der Waals surface area contributed by atoms with Crippen molar-refractivity contribution in [1.82, 2.24) is 9.88 Å². The topological polar surface area (TPSA) is 70.6 Å². The lowest BCUT2D eigenvalue weighted by Gasteiger charge is -2.23. The van der Waals surface area contributed by atoms with Gasteiger partial charge < -0.3 is 4.90 Å². The van der Waals surface area contributed by atoms with Crippen LogP contribution in [0.15, 0.2) is 41.3 Å². The Morgan fingerprint density at radius 3 is 2.47 bits per heavy atom. The number of thiazole rings is 1. The van der Waals surface area contributed by atoms with Crippen LogP contribution in [0.25, 0.3) is 10.2 Å². The van der Waals surface area contributed by atoms with Gasteiger partial charge in [0.15, 0.2) is 15.0 Å². The smallest absolute Gasteiger partial charge is 0.261 e. The highest BCUT2D eigenvalue weighted by molar-refractivity contribution is 7.91. The summed E-state index contributed by atoms with van der Waals surface area (Å²) >= 11 is 7.69. The molecule has 3 aromatic rings. The summed E-state index contributed by atoms with van der Waals surface area (Å²) in [5.74, 6) is -0.470. The minimum Gasteiger partial charge on any atom is -0.308 e. The van der Waals surface area contributed by atoms with Gasteiger partial charge in [0.05, 0.1) is 31.5 Å². The molecule has 1 heterocycles. The van der Waals surface area contributed by atoms with Crippen molar-refractivity contribution in [3.8, 4) is 0 Å². The predicted molar refractivity (Wildman–Crippen MR) is 124 cm³/mol.